The molecule has 0 aliphatic heterocycles. The number of ketones is 1. The van der Waals surface area contributed by atoms with E-state index in [0.717, 1.165) is 53.3 Å². The molecule has 1 unspecified atom stereocenters. The van der Waals surface area contributed by atoms with E-state index < -0.39 is 18.0 Å². The normalized spacial score (nSPS) is 42.7. The van der Waals surface area contributed by atoms with Crippen LogP contribution in [0.15, 0.2) is 0 Å². The van der Waals surface area contributed by atoms with Crippen LogP contribution in [0.4, 0.5) is 0 Å². The van der Waals surface area contributed by atoms with E-state index in [0.29, 0.717) is 44.5 Å². The zero-order valence-electron chi connectivity index (χ0n) is 32.5. The number of aliphatic hydroxyl groups is 1. The van der Waals surface area contributed by atoms with Crippen LogP contribution in [-0.4, -0.2) is 54.7 Å². The smallest absolute Gasteiger partial charge is 0.374 e. The number of carbonyl (C=O) groups is 4. The van der Waals surface area contributed by atoms with Gasteiger partial charge < -0.3 is 19.3 Å². The zero-order chi connectivity index (χ0) is 36.7. The Morgan fingerprint density at radius 3 is 1.17 bits per heavy atom. The van der Waals surface area contributed by atoms with E-state index in [2.05, 4.69) is 0 Å². The number of carbonyl (C=O) groups excluding carboxylic acids is 4. The lowest BCUT2D eigenvalue weighted by atomic mass is 9.48. The molecule has 12 rings (SSSR count). The Bertz CT molecular complexity index is 1210. The molecule has 292 valence electrons. The van der Waals surface area contributed by atoms with Crippen LogP contribution in [-0.2, 0) is 33.4 Å². The minimum absolute atomic E-state index is 0.0458. The Morgan fingerprint density at radius 2 is 0.827 bits per heavy atom. The summed E-state index contributed by atoms with van der Waals surface area (Å²) in [6, 6.07) is 0. The van der Waals surface area contributed by atoms with Crippen molar-refractivity contribution in [2.24, 2.45) is 69.5 Å². The van der Waals surface area contributed by atoms with Crippen LogP contribution in [0.1, 0.15) is 156 Å². The Hall–Kier alpha value is -1.96. The van der Waals surface area contributed by atoms with Crippen molar-refractivity contribution in [3.63, 3.8) is 0 Å². The second kappa shape index (κ2) is 15.6. The van der Waals surface area contributed by atoms with Crippen LogP contribution in [0.2, 0.25) is 0 Å². The van der Waals surface area contributed by atoms with Crippen molar-refractivity contribution in [3.8, 4) is 0 Å². The maximum Gasteiger partial charge on any atom is 0.374 e. The predicted octanol–water partition coefficient (Wildman–Crippen LogP) is 8.40. The first kappa shape index (κ1) is 38.3. The lowest BCUT2D eigenvalue weighted by Gasteiger charge is -2.57. The molecular formula is C44H68O8. The molecule has 52 heavy (non-hydrogen) atoms. The van der Waals surface area contributed by atoms with Gasteiger partial charge in [-0.25, -0.2) is 9.59 Å². The van der Waals surface area contributed by atoms with Crippen molar-refractivity contribution in [3.05, 3.63) is 0 Å². The second-order valence-corrected chi connectivity index (χ2v) is 20.0. The maximum atomic E-state index is 11.9. The van der Waals surface area contributed by atoms with Crippen molar-refractivity contribution >= 4 is 23.7 Å². The molecule has 1 atom stereocenters. The third kappa shape index (κ3) is 8.62. The number of esters is 3. The summed E-state index contributed by atoms with van der Waals surface area (Å²) in [4.78, 5) is 46.7. The third-order valence-electron chi connectivity index (χ3n) is 15.5. The van der Waals surface area contributed by atoms with Gasteiger partial charge in [-0.1, -0.05) is 0 Å². The van der Waals surface area contributed by atoms with Gasteiger partial charge in [-0.05, 0) is 212 Å². The van der Waals surface area contributed by atoms with Gasteiger partial charge in [0.05, 0.1) is 26.2 Å². The van der Waals surface area contributed by atoms with Crippen LogP contribution < -0.4 is 0 Å². The molecule has 0 aromatic heterocycles. The molecule has 0 amide bonds. The van der Waals surface area contributed by atoms with Gasteiger partial charge in [0.1, 0.15) is 0 Å². The molecule has 0 radical (unpaired) electrons. The lowest BCUT2D eigenvalue weighted by Crippen LogP contribution is -2.48. The van der Waals surface area contributed by atoms with Gasteiger partial charge in [0, 0.05) is 6.42 Å². The molecule has 0 aromatic carbocycles. The standard InChI is InChI=1S/C15H24O3.C15H22O3.C14H22O2/c2*1-2-18-14(17)13(16)9-15-6-10-3-11(7-15)5-12(4-10)8-15;1-2-16-13(15)9-14-6-10-3-11(7-14)5-12(4-10)8-14/h10-13,16H,2-9H2,1H3;10-12H,2-9H2,1H3;10-12H,2-9H2,1H3. The summed E-state index contributed by atoms with van der Waals surface area (Å²) in [5.41, 5.74) is 0.751. The van der Waals surface area contributed by atoms with Crippen LogP contribution in [0.5, 0.6) is 0 Å². The van der Waals surface area contributed by atoms with Crippen molar-refractivity contribution in [1.29, 1.82) is 0 Å². The fourth-order valence-electron chi connectivity index (χ4n) is 15.4. The van der Waals surface area contributed by atoms with E-state index >= 15 is 0 Å². The van der Waals surface area contributed by atoms with Gasteiger partial charge in [0.2, 0.25) is 5.78 Å². The zero-order valence-corrected chi connectivity index (χ0v) is 32.5. The Balaban J connectivity index is 0.000000122. The summed E-state index contributed by atoms with van der Waals surface area (Å²) in [6.45, 7) is 6.62. The van der Waals surface area contributed by atoms with E-state index in [9.17, 15) is 24.3 Å². The highest BCUT2D eigenvalue weighted by atomic mass is 16.5. The molecule has 0 heterocycles. The summed E-state index contributed by atoms with van der Waals surface area (Å²) in [5, 5.41) is 10.0. The highest BCUT2D eigenvalue weighted by Crippen LogP contribution is 2.63. The molecule has 12 aliphatic rings. The largest absolute Gasteiger partial charge is 0.466 e. The summed E-state index contributed by atoms with van der Waals surface area (Å²) >= 11 is 0. The van der Waals surface area contributed by atoms with E-state index in [-0.39, 0.29) is 22.6 Å². The Kier molecular flexibility index (Phi) is 11.5. The molecule has 12 fully saturated rings. The fourth-order valence-corrected chi connectivity index (χ4v) is 15.4. The minimum Gasteiger partial charge on any atom is -0.466 e. The highest BCUT2D eigenvalue weighted by Gasteiger charge is 2.54. The van der Waals surface area contributed by atoms with E-state index in [1.54, 1.807) is 13.8 Å². The van der Waals surface area contributed by atoms with Gasteiger partial charge in [-0.2, -0.15) is 0 Å². The quantitative estimate of drug-likeness (QED) is 0.128. The minimum atomic E-state index is -0.902. The summed E-state index contributed by atoms with van der Waals surface area (Å²) in [7, 11) is 0. The first-order valence-corrected chi connectivity index (χ1v) is 21.6. The van der Waals surface area contributed by atoms with Gasteiger partial charge in [-0.15, -0.1) is 0 Å². The number of rotatable bonds is 11. The van der Waals surface area contributed by atoms with Crippen LogP contribution in [0, 0.1) is 69.5 Å². The fraction of sp³-hybridized carbons (Fsp3) is 0.909. The molecule has 8 nitrogen and oxygen atoms in total. The van der Waals surface area contributed by atoms with Crippen LogP contribution >= 0.6 is 0 Å². The van der Waals surface area contributed by atoms with E-state index in [1.165, 1.54) is 116 Å². The maximum absolute atomic E-state index is 11.9. The van der Waals surface area contributed by atoms with Crippen molar-refractivity contribution in [1.82, 2.24) is 0 Å². The number of ether oxygens (including phenoxy) is 3. The highest BCUT2D eigenvalue weighted by molar-refractivity contribution is 6.33. The van der Waals surface area contributed by atoms with Crippen molar-refractivity contribution in [2.45, 2.75) is 162 Å². The third-order valence-corrected chi connectivity index (χ3v) is 15.5. The number of hydrogen-bond acceptors (Lipinski definition) is 8. The molecular weight excluding hydrogens is 656 g/mol. The second-order valence-electron chi connectivity index (χ2n) is 20.0. The average molecular weight is 725 g/mol. The summed E-state index contributed by atoms with van der Waals surface area (Å²) in [6.07, 6.45) is 24.6. The monoisotopic (exact) mass is 724 g/mol. The van der Waals surface area contributed by atoms with Crippen molar-refractivity contribution in [2.75, 3.05) is 19.8 Å². The molecule has 0 aromatic rings. The van der Waals surface area contributed by atoms with Gasteiger partial charge in [0.15, 0.2) is 6.10 Å². The molecule has 0 spiro atoms. The lowest BCUT2D eigenvalue weighted by molar-refractivity contribution is -0.158. The van der Waals surface area contributed by atoms with Gasteiger partial charge in [-0.3, -0.25) is 9.59 Å². The first-order chi connectivity index (χ1) is 24.9. The van der Waals surface area contributed by atoms with E-state index in [4.69, 9.17) is 14.2 Å². The molecule has 12 aliphatic carbocycles. The SMILES string of the molecule is CCOC(=O)C(=O)CC12CC3CC(CC(C3)C1)C2.CCOC(=O)C(O)CC12CC3CC(CC(C3)C1)C2.CCOC(=O)CC12CC3CC(CC(C3)C1)C2. The van der Waals surface area contributed by atoms with Crippen LogP contribution in [0.3, 0.4) is 0 Å². The Morgan fingerprint density at radius 1 is 0.500 bits per heavy atom. The molecule has 12 saturated carbocycles. The summed E-state index contributed by atoms with van der Waals surface area (Å²) < 4.78 is 14.9. The average Bonchev–Trinajstić information content (AvgIpc) is 3.03. The van der Waals surface area contributed by atoms with Gasteiger partial charge in [0.25, 0.3) is 0 Å². The van der Waals surface area contributed by atoms with Gasteiger partial charge >= 0.3 is 17.9 Å². The first-order valence-electron chi connectivity index (χ1n) is 21.6. The van der Waals surface area contributed by atoms with Crippen LogP contribution in [0.25, 0.3) is 0 Å². The molecule has 1 N–H and O–H groups in total. The molecule has 0 saturated heterocycles. The predicted molar refractivity (Wildman–Crippen MR) is 197 cm³/mol. The molecule has 12 bridgehead atoms. The number of hydrogen-bond donors (Lipinski definition) is 1. The number of Topliss-reactive ketones (excluding diaryl/α,β-unsaturated/α-hetero) is 1. The summed E-state index contributed by atoms with van der Waals surface area (Å²) in [5.74, 6) is 6.58. The topological polar surface area (TPSA) is 116 Å². The number of aliphatic hydroxyl groups excluding tert-OH is 1. The molecule has 8 heteroatoms. The van der Waals surface area contributed by atoms with E-state index in [1.807, 2.05) is 6.92 Å². The van der Waals surface area contributed by atoms with Crippen molar-refractivity contribution < 1.29 is 38.5 Å². The Labute approximate surface area is 312 Å².